The predicted molar refractivity (Wildman–Crippen MR) is 115 cm³/mol. The summed E-state index contributed by atoms with van der Waals surface area (Å²) in [7, 11) is 0. The van der Waals surface area contributed by atoms with Crippen molar-refractivity contribution in [3.8, 4) is 0 Å². The van der Waals surface area contributed by atoms with Gasteiger partial charge in [-0.15, -0.1) is 0 Å². The molecule has 4 unspecified atom stereocenters. The lowest BCUT2D eigenvalue weighted by molar-refractivity contribution is -0.172. The van der Waals surface area contributed by atoms with Gasteiger partial charge in [-0.3, -0.25) is 9.80 Å². The van der Waals surface area contributed by atoms with Crippen molar-refractivity contribution in [2.24, 2.45) is 34.5 Å². The van der Waals surface area contributed by atoms with E-state index in [-0.39, 0.29) is 5.41 Å². The summed E-state index contributed by atoms with van der Waals surface area (Å²) in [6.45, 7) is 11.6. The van der Waals surface area contributed by atoms with E-state index in [1.165, 1.54) is 64.7 Å². The molecule has 0 bridgehead atoms. The van der Waals surface area contributed by atoms with E-state index in [1.54, 1.807) is 0 Å². The number of β-amino-alcohol motifs (C(OH)–C–C–N with tert-alkyl or cyclic N) is 2. The van der Waals surface area contributed by atoms with Crippen molar-refractivity contribution in [1.29, 1.82) is 0 Å². The zero-order valence-electron chi connectivity index (χ0n) is 18.7. The zero-order chi connectivity index (χ0) is 20.1. The van der Waals surface area contributed by atoms with E-state index in [4.69, 9.17) is 0 Å². The van der Waals surface area contributed by atoms with Crippen LogP contribution in [-0.4, -0.2) is 70.5 Å². The van der Waals surface area contributed by atoms with Gasteiger partial charge in [0.25, 0.3) is 0 Å². The van der Waals surface area contributed by atoms with Gasteiger partial charge in [-0.2, -0.15) is 0 Å². The Balaban J connectivity index is 1.22. The van der Waals surface area contributed by atoms with Gasteiger partial charge in [0.15, 0.2) is 0 Å². The number of hydrogen-bond acceptors (Lipinski definition) is 4. The molecule has 2 saturated heterocycles. The summed E-state index contributed by atoms with van der Waals surface area (Å²) >= 11 is 0. The second kappa shape index (κ2) is 6.21. The largest absolute Gasteiger partial charge is 0.389 e. The number of hydrogen-bond donors (Lipinski definition) is 2. The van der Waals surface area contributed by atoms with Gasteiger partial charge in [-0.05, 0) is 86.9 Å². The highest BCUT2D eigenvalue weighted by Crippen LogP contribution is 2.68. The van der Waals surface area contributed by atoms with Crippen LogP contribution in [0.1, 0.15) is 71.6 Å². The number of fused-ring (bicyclic) bond motifs is 5. The maximum absolute atomic E-state index is 11.7. The molecule has 4 aliphatic carbocycles. The molecule has 6 aliphatic rings. The summed E-state index contributed by atoms with van der Waals surface area (Å²) in [5, 5.41) is 23.0. The second-order valence-corrected chi connectivity index (χ2v) is 12.7. The van der Waals surface area contributed by atoms with E-state index < -0.39 is 11.2 Å². The first-order chi connectivity index (χ1) is 13.7. The molecule has 0 aromatic rings. The molecule has 6 fully saturated rings. The average molecular weight is 403 g/mol. The van der Waals surface area contributed by atoms with Crippen LogP contribution >= 0.6 is 0 Å². The highest BCUT2D eigenvalue weighted by molar-refractivity contribution is 5.16. The molecule has 8 atom stereocenters. The van der Waals surface area contributed by atoms with Crippen molar-refractivity contribution >= 4 is 0 Å². The molecule has 4 heteroatoms. The maximum Gasteiger partial charge on any atom is 0.0830 e. The number of rotatable bonds is 4. The predicted octanol–water partition coefficient (Wildman–Crippen LogP) is 3.12. The van der Waals surface area contributed by atoms with Gasteiger partial charge in [0, 0.05) is 44.7 Å². The first kappa shape index (κ1) is 19.5. The molecule has 4 saturated carbocycles. The second-order valence-electron chi connectivity index (χ2n) is 12.7. The normalized spacial score (nSPS) is 57.1. The van der Waals surface area contributed by atoms with Gasteiger partial charge >= 0.3 is 0 Å². The van der Waals surface area contributed by atoms with Crippen molar-refractivity contribution in [2.45, 2.75) is 82.8 Å². The van der Waals surface area contributed by atoms with Crippen LogP contribution in [0.25, 0.3) is 0 Å². The Kier molecular flexibility index (Phi) is 4.18. The average Bonchev–Trinajstić information content (AvgIpc) is 3.59. The zero-order valence-corrected chi connectivity index (χ0v) is 18.7. The molecule has 4 nitrogen and oxygen atoms in total. The Bertz CT molecular complexity index is 678. The van der Waals surface area contributed by atoms with Crippen LogP contribution in [0.4, 0.5) is 0 Å². The Hall–Kier alpha value is -0.160. The molecule has 2 N–H and O–H groups in total. The van der Waals surface area contributed by atoms with Crippen LogP contribution < -0.4 is 0 Å². The van der Waals surface area contributed by atoms with Gasteiger partial charge in [-0.1, -0.05) is 13.8 Å². The molecule has 0 aromatic carbocycles. The van der Waals surface area contributed by atoms with Crippen molar-refractivity contribution < 1.29 is 10.2 Å². The van der Waals surface area contributed by atoms with E-state index in [0.29, 0.717) is 17.3 Å². The minimum absolute atomic E-state index is 0.120. The topological polar surface area (TPSA) is 46.5 Å². The first-order valence-electron chi connectivity index (χ1n) is 12.6. The highest BCUT2D eigenvalue weighted by Gasteiger charge is 2.65. The minimum atomic E-state index is -0.456. The van der Waals surface area contributed by atoms with Crippen LogP contribution in [0.2, 0.25) is 0 Å². The molecule has 29 heavy (non-hydrogen) atoms. The standard InChI is InChI=1S/C25H42N2O2/c1-22-9-10-24(28,16-26-11-12-26)15-18(22)3-4-19-20(22)5-7-23(2)21(19)6-8-25(23,29)17-27-13-14-27/h18-21,28-29H,3-17H2,1-2H3/t18?,19?,20?,21?,22-,23-,24-,25+/m1/s1. The highest BCUT2D eigenvalue weighted by atomic mass is 16.3. The third-order valence-electron chi connectivity index (χ3n) is 11.2. The van der Waals surface area contributed by atoms with Crippen molar-refractivity contribution in [1.82, 2.24) is 9.80 Å². The molecule has 0 spiro atoms. The van der Waals surface area contributed by atoms with Gasteiger partial charge in [-0.25, -0.2) is 0 Å². The molecular formula is C25H42N2O2. The van der Waals surface area contributed by atoms with Crippen molar-refractivity contribution in [3.63, 3.8) is 0 Å². The Morgan fingerprint density at radius 1 is 0.759 bits per heavy atom. The molecule has 0 amide bonds. The lowest BCUT2D eigenvalue weighted by Crippen LogP contribution is -2.59. The fraction of sp³-hybridized carbons (Fsp3) is 1.00. The van der Waals surface area contributed by atoms with Crippen LogP contribution in [0.5, 0.6) is 0 Å². The van der Waals surface area contributed by atoms with Gasteiger partial charge in [0.05, 0.1) is 11.2 Å². The molecule has 6 rings (SSSR count). The summed E-state index contributed by atoms with van der Waals surface area (Å²) in [5.41, 5.74) is -0.351. The van der Waals surface area contributed by atoms with Gasteiger partial charge in [0.2, 0.25) is 0 Å². The van der Waals surface area contributed by atoms with E-state index in [1.807, 2.05) is 0 Å². The Morgan fingerprint density at radius 2 is 1.45 bits per heavy atom. The minimum Gasteiger partial charge on any atom is -0.389 e. The third-order valence-corrected chi connectivity index (χ3v) is 11.2. The number of nitrogens with zero attached hydrogens (tertiary/aromatic N) is 2. The first-order valence-corrected chi connectivity index (χ1v) is 12.6. The van der Waals surface area contributed by atoms with E-state index in [2.05, 4.69) is 23.6 Å². The van der Waals surface area contributed by atoms with Crippen molar-refractivity contribution in [2.75, 3.05) is 39.3 Å². The van der Waals surface area contributed by atoms with Crippen LogP contribution in [0, 0.1) is 34.5 Å². The molecular weight excluding hydrogens is 360 g/mol. The molecule has 2 aliphatic heterocycles. The smallest absolute Gasteiger partial charge is 0.0830 e. The van der Waals surface area contributed by atoms with Gasteiger partial charge in [0.1, 0.15) is 0 Å². The van der Waals surface area contributed by atoms with E-state index >= 15 is 0 Å². The third kappa shape index (κ3) is 2.92. The van der Waals surface area contributed by atoms with Crippen LogP contribution in [-0.2, 0) is 0 Å². The molecule has 0 radical (unpaired) electrons. The van der Waals surface area contributed by atoms with Crippen LogP contribution in [0.15, 0.2) is 0 Å². The molecule has 164 valence electrons. The summed E-state index contributed by atoms with van der Waals surface area (Å²) < 4.78 is 0. The quantitative estimate of drug-likeness (QED) is 0.710. The SMILES string of the molecule is C[C@@]12CC[C@](O)(CN3CC3)CC1CCC1C2CC[C@]2(C)C1CC[C@]2(O)CN1CC1. The Morgan fingerprint density at radius 3 is 2.17 bits per heavy atom. The van der Waals surface area contributed by atoms with Crippen LogP contribution in [0.3, 0.4) is 0 Å². The monoisotopic (exact) mass is 402 g/mol. The number of aliphatic hydroxyl groups is 2. The summed E-state index contributed by atoms with van der Waals surface area (Å²) in [5.74, 6) is 3.03. The lowest BCUT2D eigenvalue weighted by Gasteiger charge is -2.62. The summed E-state index contributed by atoms with van der Waals surface area (Å²) in [6.07, 6.45) is 10.7. The molecule has 2 heterocycles. The van der Waals surface area contributed by atoms with E-state index in [9.17, 15) is 10.2 Å². The van der Waals surface area contributed by atoms with Gasteiger partial charge < -0.3 is 10.2 Å². The van der Waals surface area contributed by atoms with Crippen molar-refractivity contribution in [3.05, 3.63) is 0 Å². The summed E-state index contributed by atoms with van der Waals surface area (Å²) in [6, 6.07) is 0. The fourth-order valence-electron chi connectivity index (χ4n) is 9.08. The molecule has 0 aromatic heterocycles. The maximum atomic E-state index is 11.7. The Labute approximate surface area is 177 Å². The lowest BCUT2D eigenvalue weighted by atomic mass is 9.43. The summed E-state index contributed by atoms with van der Waals surface area (Å²) in [4.78, 5) is 4.85. The fourth-order valence-corrected chi connectivity index (χ4v) is 9.08. The van der Waals surface area contributed by atoms with E-state index in [0.717, 1.165) is 44.2 Å².